The molecule has 0 aliphatic heterocycles. The van der Waals surface area contributed by atoms with Crippen molar-refractivity contribution in [3.05, 3.63) is 34.9 Å². The molecule has 1 rings (SSSR count). The summed E-state index contributed by atoms with van der Waals surface area (Å²) in [5.41, 5.74) is 0.670. The summed E-state index contributed by atoms with van der Waals surface area (Å²) in [6.45, 7) is 1.51. The number of rotatable bonds is 4. The van der Waals surface area contributed by atoms with E-state index in [2.05, 4.69) is 5.16 Å². The molecule has 0 aliphatic carbocycles. The van der Waals surface area contributed by atoms with Crippen molar-refractivity contribution in [3.8, 4) is 0 Å². The van der Waals surface area contributed by atoms with Crippen molar-refractivity contribution in [2.24, 2.45) is 5.16 Å². The van der Waals surface area contributed by atoms with Crippen LogP contribution in [-0.4, -0.2) is 16.8 Å². The first-order valence-corrected chi connectivity index (χ1v) is 4.62. The summed E-state index contributed by atoms with van der Waals surface area (Å²) in [7, 11) is 0. The minimum Gasteiger partial charge on any atom is -0.477 e. The SMILES string of the molecule is C/C(=N\OCc1ccccc1Cl)C(=O)O. The Kier molecular flexibility index (Phi) is 4.12. The number of hydrogen-bond acceptors (Lipinski definition) is 3. The van der Waals surface area contributed by atoms with Crippen molar-refractivity contribution in [2.75, 3.05) is 0 Å². The molecule has 0 saturated carbocycles. The molecule has 0 spiro atoms. The normalized spacial score (nSPS) is 11.2. The Morgan fingerprint density at radius 3 is 2.80 bits per heavy atom. The fourth-order valence-electron chi connectivity index (χ4n) is 0.853. The highest BCUT2D eigenvalue weighted by Gasteiger charge is 2.02. The predicted molar refractivity (Wildman–Crippen MR) is 57.0 cm³/mol. The van der Waals surface area contributed by atoms with Crippen molar-refractivity contribution in [2.45, 2.75) is 13.5 Å². The Morgan fingerprint density at radius 1 is 1.53 bits per heavy atom. The average molecular weight is 228 g/mol. The van der Waals surface area contributed by atoms with E-state index in [0.717, 1.165) is 5.56 Å². The van der Waals surface area contributed by atoms with Gasteiger partial charge in [0.2, 0.25) is 0 Å². The van der Waals surface area contributed by atoms with Crippen LogP contribution in [0.15, 0.2) is 29.4 Å². The number of oxime groups is 1. The third kappa shape index (κ3) is 3.59. The number of benzene rings is 1. The molecule has 0 atom stereocenters. The lowest BCUT2D eigenvalue weighted by Crippen LogP contribution is -2.08. The van der Waals surface area contributed by atoms with E-state index >= 15 is 0 Å². The van der Waals surface area contributed by atoms with Gasteiger partial charge in [0.15, 0.2) is 5.71 Å². The number of nitrogens with zero attached hydrogens (tertiary/aromatic N) is 1. The van der Waals surface area contributed by atoms with Crippen LogP contribution in [0.5, 0.6) is 0 Å². The van der Waals surface area contributed by atoms with Crippen LogP contribution >= 0.6 is 11.6 Å². The summed E-state index contributed by atoms with van der Waals surface area (Å²) < 4.78 is 0. The number of halogens is 1. The van der Waals surface area contributed by atoms with E-state index < -0.39 is 5.97 Å². The van der Waals surface area contributed by atoms with Gasteiger partial charge in [0, 0.05) is 10.6 Å². The fraction of sp³-hybridized carbons (Fsp3) is 0.200. The van der Waals surface area contributed by atoms with E-state index in [1.54, 1.807) is 18.2 Å². The van der Waals surface area contributed by atoms with Crippen molar-refractivity contribution in [3.63, 3.8) is 0 Å². The Bertz CT molecular complexity index is 390. The second-order valence-electron chi connectivity index (χ2n) is 2.85. The molecule has 0 unspecified atom stereocenters. The van der Waals surface area contributed by atoms with E-state index in [-0.39, 0.29) is 12.3 Å². The molecule has 15 heavy (non-hydrogen) atoms. The second kappa shape index (κ2) is 5.36. The van der Waals surface area contributed by atoms with E-state index in [0.29, 0.717) is 5.02 Å². The molecule has 0 amide bonds. The lowest BCUT2D eigenvalue weighted by atomic mass is 10.2. The summed E-state index contributed by atoms with van der Waals surface area (Å²) in [5, 5.41) is 12.5. The van der Waals surface area contributed by atoms with Gasteiger partial charge in [-0.25, -0.2) is 4.79 Å². The minimum absolute atomic E-state index is 0.0953. The van der Waals surface area contributed by atoms with Crippen molar-refractivity contribution >= 4 is 23.3 Å². The summed E-state index contributed by atoms with van der Waals surface area (Å²) in [4.78, 5) is 15.2. The highest BCUT2D eigenvalue weighted by molar-refractivity contribution is 6.34. The van der Waals surface area contributed by atoms with Gasteiger partial charge < -0.3 is 9.94 Å². The number of carboxylic acids is 1. The van der Waals surface area contributed by atoms with E-state index in [9.17, 15) is 4.79 Å². The summed E-state index contributed by atoms with van der Waals surface area (Å²) in [6.07, 6.45) is 0. The van der Waals surface area contributed by atoms with Gasteiger partial charge in [0.25, 0.3) is 0 Å². The fourth-order valence-corrected chi connectivity index (χ4v) is 1.04. The van der Waals surface area contributed by atoms with Crippen molar-refractivity contribution in [1.29, 1.82) is 0 Å². The molecular weight excluding hydrogens is 218 g/mol. The van der Waals surface area contributed by atoms with Crippen molar-refractivity contribution < 1.29 is 14.7 Å². The molecule has 5 heteroatoms. The van der Waals surface area contributed by atoms with Gasteiger partial charge in [-0.1, -0.05) is 35.0 Å². The first kappa shape index (κ1) is 11.5. The maximum Gasteiger partial charge on any atom is 0.353 e. The Hall–Kier alpha value is -1.55. The minimum atomic E-state index is -1.10. The molecule has 0 radical (unpaired) electrons. The quantitative estimate of drug-likeness (QED) is 0.634. The molecule has 1 aromatic carbocycles. The molecular formula is C10H10ClNO3. The molecule has 1 aromatic rings. The molecule has 0 fully saturated rings. The standard InChI is InChI=1S/C10H10ClNO3/c1-7(10(13)14)12-15-6-8-4-2-3-5-9(8)11/h2-5H,6H2,1H3,(H,13,14)/b12-7+. The third-order valence-corrected chi connectivity index (χ3v) is 2.06. The van der Waals surface area contributed by atoms with E-state index in [1.165, 1.54) is 6.92 Å². The van der Waals surface area contributed by atoms with Crippen LogP contribution in [0.2, 0.25) is 5.02 Å². The molecule has 4 nitrogen and oxygen atoms in total. The Morgan fingerprint density at radius 2 is 2.20 bits per heavy atom. The topological polar surface area (TPSA) is 58.9 Å². The summed E-state index contributed by atoms with van der Waals surface area (Å²) in [6, 6.07) is 7.14. The average Bonchev–Trinajstić information content (AvgIpc) is 2.20. The summed E-state index contributed by atoms with van der Waals surface area (Å²) in [5.74, 6) is -1.10. The summed E-state index contributed by atoms with van der Waals surface area (Å²) >= 11 is 5.86. The van der Waals surface area contributed by atoms with Crippen LogP contribution in [0.4, 0.5) is 0 Å². The lowest BCUT2D eigenvalue weighted by molar-refractivity contribution is -0.129. The molecule has 0 heterocycles. The first-order chi connectivity index (χ1) is 7.11. The number of hydrogen-bond donors (Lipinski definition) is 1. The maximum atomic E-state index is 10.4. The van der Waals surface area contributed by atoms with Crippen LogP contribution in [0.1, 0.15) is 12.5 Å². The number of carboxylic acid groups (broad SMARTS) is 1. The third-order valence-electron chi connectivity index (χ3n) is 1.69. The zero-order valence-electron chi connectivity index (χ0n) is 8.11. The Labute approximate surface area is 92.1 Å². The molecule has 0 saturated heterocycles. The largest absolute Gasteiger partial charge is 0.477 e. The van der Waals surface area contributed by atoms with Crippen LogP contribution in [0.25, 0.3) is 0 Å². The molecule has 80 valence electrons. The van der Waals surface area contributed by atoms with Gasteiger partial charge in [0.05, 0.1) is 0 Å². The van der Waals surface area contributed by atoms with Gasteiger partial charge in [-0.15, -0.1) is 0 Å². The van der Waals surface area contributed by atoms with E-state index in [1.807, 2.05) is 6.07 Å². The molecule has 1 N–H and O–H groups in total. The van der Waals surface area contributed by atoms with Gasteiger partial charge in [-0.3, -0.25) is 0 Å². The number of carbonyl (C=O) groups is 1. The van der Waals surface area contributed by atoms with Crippen molar-refractivity contribution in [1.82, 2.24) is 0 Å². The lowest BCUT2D eigenvalue weighted by Gasteiger charge is -2.02. The maximum absolute atomic E-state index is 10.4. The van der Waals surface area contributed by atoms with Gasteiger partial charge in [-0.2, -0.15) is 0 Å². The van der Waals surface area contributed by atoms with Crippen LogP contribution in [0.3, 0.4) is 0 Å². The van der Waals surface area contributed by atoms with Crippen LogP contribution in [-0.2, 0) is 16.2 Å². The Balaban J connectivity index is 2.55. The highest BCUT2D eigenvalue weighted by Crippen LogP contribution is 2.15. The molecule has 0 bridgehead atoms. The monoisotopic (exact) mass is 227 g/mol. The zero-order chi connectivity index (χ0) is 11.3. The second-order valence-corrected chi connectivity index (χ2v) is 3.25. The predicted octanol–water partition coefficient (Wildman–Crippen LogP) is 2.32. The smallest absolute Gasteiger partial charge is 0.353 e. The first-order valence-electron chi connectivity index (χ1n) is 4.24. The van der Waals surface area contributed by atoms with Gasteiger partial charge >= 0.3 is 5.97 Å². The zero-order valence-corrected chi connectivity index (χ0v) is 8.86. The molecule has 0 aromatic heterocycles. The van der Waals surface area contributed by atoms with Gasteiger partial charge in [-0.05, 0) is 13.0 Å². The van der Waals surface area contributed by atoms with E-state index in [4.69, 9.17) is 21.5 Å². The van der Waals surface area contributed by atoms with Crippen LogP contribution in [0, 0.1) is 0 Å². The van der Waals surface area contributed by atoms with Gasteiger partial charge in [0.1, 0.15) is 6.61 Å². The highest BCUT2D eigenvalue weighted by atomic mass is 35.5. The number of aliphatic carboxylic acids is 1. The molecule has 0 aliphatic rings. The van der Waals surface area contributed by atoms with Crippen LogP contribution < -0.4 is 0 Å².